The first-order chi connectivity index (χ1) is 9.40. The van der Waals surface area contributed by atoms with Crippen molar-refractivity contribution < 1.29 is 4.79 Å². The minimum atomic E-state index is 0.190. The first-order valence-corrected chi connectivity index (χ1v) is 7.02. The van der Waals surface area contributed by atoms with Crippen LogP contribution in [0, 0.1) is 5.92 Å². The number of carbonyl (C=O) groups is 1. The molecule has 0 N–H and O–H groups in total. The normalized spacial score (nSPS) is 24.2. The van der Waals surface area contributed by atoms with Crippen LogP contribution < -0.4 is 0 Å². The average molecular weight is 274 g/mol. The first kappa shape index (κ1) is 16.3. The molecule has 0 saturated heterocycles. The molecule has 20 heavy (non-hydrogen) atoms. The SMILES string of the molecule is CC1CC(=CC=CN(C)C)C(=O)C(=CC=CN(C)C)C1. The molecule has 0 aliphatic heterocycles. The number of rotatable bonds is 4. The fraction of sp³-hybridized carbons (Fsp3) is 0.471. The molecule has 1 saturated carbocycles. The van der Waals surface area contributed by atoms with Crippen LogP contribution in [0.1, 0.15) is 19.8 Å². The second-order valence-corrected chi connectivity index (χ2v) is 5.84. The number of Topliss-reactive ketones (excluding diaryl/α,β-unsaturated/α-hetero) is 1. The summed E-state index contributed by atoms with van der Waals surface area (Å²) in [6.45, 7) is 2.19. The molecule has 0 heterocycles. The van der Waals surface area contributed by atoms with E-state index in [1.807, 2.05) is 74.7 Å². The molecular formula is C17H26N2O. The molecule has 0 aromatic carbocycles. The highest BCUT2D eigenvalue weighted by Crippen LogP contribution is 2.29. The Bertz CT molecular complexity index is 414. The summed E-state index contributed by atoms with van der Waals surface area (Å²) in [6, 6.07) is 0. The molecule has 1 fully saturated rings. The maximum absolute atomic E-state index is 12.4. The van der Waals surface area contributed by atoms with Crippen LogP contribution >= 0.6 is 0 Å². The number of carbonyl (C=O) groups excluding carboxylic acids is 1. The largest absolute Gasteiger partial charge is 0.383 e. The maximum atomic E-state index is 12.4. The standard InChI is InChI=1S/C17H26N2O/c1-14-12-15(8-6-10-18(2)3)17(20)16(13-14)9-7-11-19(4)5/h6-11,14H,12-13H2,1-5H3. The number of ketones is 1. The van der Waals surface area contributed by atoms with Gasteiger partial charge in [0.1, 0.15) is 0 Å². The summed E-state index contributed by atoms with van der Waals surface area (Å²) in [5.41, 5.74) is 1.82. The highest BCUT2D eigenvalue weighted by atomic mass is 16.1. The fourth-order valence-corrected chi connectivity index (χ4v) is 2.16. The van der Waals surface area contributed by atoms with Crippen molar-refractivity contribution in [2.24, 2.45) is 5.92 Å². The summed E-state index contributed by atoms with van der Waals surface area (Å²) in [5, 5.41) is 0. The third kappa shape index (κ3) is 5.47. The van der Waals surface area contributed by atoms with Crippen molar-refractivity contribution in [2.45, 2.75) is 19.8 Å². The van der Waals surface area contributed by atoms with Crippen LogP contribution in [0.3, 0.4) is 0 Å². The van der Waals surface area contributed by atoms with Gasteiger partial charge in [0.05, 0.1) is 0 Å². The zero-order valence-corrected chi connectivity index (χ0v) is 13.3. The molecule has 0 aromatic rings. The minimum Gasteiger partial charge on any atom is -0.383 e. The van der Waals surface area contributed by atoms with Gasteiger partial charge in [0.2, 0.25) is 0 Å². The van der Waals surface area contributed by atoms with Crippen LogP contribution in [0.15, 0.2) is 47.9 Å². The smallest absolute Gasteiger partial charge is 0.185 e. The molecule has 0 bridgehead atoms. The lowest BCUT2D eigenvalue weighted by molar-refractivity contribution is -0.113. The van der Waals surface area contributed by atoms with Crippen molar-refractivity contribution in [1.82, 2.24) is 9.80 Å². The second-order valence-electron chi connectivity index (χ2n) is 5.84. The molecule has 1 rings (SSSR count). The number of hydrogen-bond acceptors (Lipinski definition) is 3. The van der Waals surface area contributed by atoms with Gasteiger partial charge in [-0.15, -0.1) is 0 Å². The van der Waals surface area contributed by atoms with Crippen LogP contribution in [0.25, 0.3) is 0 Å². The Morgan fingerprint density at radius 2 is 1.30 bits per heavy atom. The number of hydrogen-bond donors (Lipinski definition) is 0. The van der Waals surface area contributed by atoms with E-state index < -0.39 is 0 Å². The van der Waals surface area contributed by atoms with Crippen LogP contribution in [-0.4, -0.2) is 43.8 Å². The molecule has 1 aliphatic rings. The van der Waals surface area contributed by atoms with Crippen molar-refractivity contribution in [3.63, 3.8) is 0 Å². The Morgan fingerprint density at radius 1 is 0.900 bits per heavy atom. The van der Waals surface area contributed by atoms with Gasteiger partial charge in [0.15, 0.2) is 5.78 Å². The Labute approximate surface area is 122 Å². The van der Waals surface area contributed by atoms with E-state index in [1.165, 1.54) is 0 Å². The molecule has 3 heteroatoms. The van der Waals surface area contributed by atoms with Gasteiger partial charge in [-0.2, -0.15) is 0 Å². The van der Waals surface area contributed by atoms with E-state index in [2.05, 4.69) is 6.92 Å². The number of nitrogens with zero attached hydrogens (tertiary/aromatic N) is 2. The fourth-order valence-electron chi connectivity index (χ4n) is 2.16. The van der Waals surface area contributed by atoms with Crippen molar-refractivity contribution in [1.29, 1.82) is 0 Å². The Balaban J connectivity index is 2.87. The summed E-state index contributed by atoms with van der Waals surface area (Å²) in [4.78, 5) is 16.3. The van der Waals surface area contributed by atoms with Crippen molar-refractivity contribution >= 4 is 5.78 Å². The average Bonchev–Trinajstić information content (AvgIpc) is 2.33. The van der Waals surface area contributed by atoms with E-state index in [0.717, 1.165) is 24.0 Å². The van der Waals surface area contributed by atoms with Gasteiger partial charge >= 0.3 is 0 Å². The third-order valence-corrected chi connectivity index (χ3v) is 3.08. The quantitative estimate of drug-likeness (QED) is 0.736. The molecule has 0 amide bonds. The molecule has 110 valence electrons. The zero-order chi connectivity index (χ0) is 15.1. The minimum absolute atomic E-state index is 0.190. The predicted octanol–water partition coefficient (Wildman–Crippen LogP) is 2.99. The van der Waals surface area contributed by atoms with Crippen molar-refractivity contribution in [3.05, 3.63) is 47.9 Å². The monoisotopic (exact) mass is 274 g/mol. The lowest BCUT2D eigenvalue weighted by Crippen LogP contribution is -2.18. The first-order valence-electron chi connectivity index (χ1n) is 7.02. The number of allylic oxidation sites excluding steroid dienone is 6. The Morgan fingerprint density at radius 3 is 1.65 bits per heavy atom. The van der Waals surface area contributed by atoms with Gasteiger partial charge in [-0.25, -0.2) is 0 Å². The summed E-state index contributed by atoms with van der Waals surface area (Å²) in [7, 11) is 7.88. The van der Waals surface area contributed by atoms with E-state index in [0.29, 0.717) is 5.92 Å². The Hall–Kier alpha value is -1.77. The summed E-state index contributed by atoms with van der Waals surface area (Å²) >= 11 is 0. The summed E-state index contributed by atoms with van der Waals surface area (Å²) in [5.74, 6) is 0.709. The highest BCUT2D eigenvalue weighted by molar-refractivity contribution is 6.09. The third-order valence-electron chi connectivity index (χ3n) is 3.08. The molecule has 0 radical (unpaired) electrons. The van der Waals surface area contributed by atoms with Crippen molar-refractivity contribution in [2.75, 3.05) is 28.2 Å². The van der Waals surface area contributed by atoms with E-state index in [-0.39, 0.29) is 5.78 Å². The Kier molecular flexibility index (Phi) is 6.29. The molecule has 0 unspecified atom stereocenters. The molecule has 3 nitrogen and oxygen atoms in total. The lowest BCUT2D eigenvalue weighted by Gasteiger charge is -2.22. The van der Waals surface area contributed by atoms with Crippen LogP contribution in [-0.2, 0) is 4.79 Å². The maximum Gasteiger partial charge on any atom is 0.185 e. The van der Waals surface area contributed by atoms with E-state index in [4.69, 9.17) is 0 Å². The van der Waals surface area contributed by atoms with E-state index >= 15 is 0 Å². The molecule has 0 aromatic heterocycles. The van der Waals surface area contributed by atoms with E-state index in [9.17, 15) is 4.79 Å². The molecule has 0 atom stereocenters. The van der Waals surface area contributed by atoms with Gasteiger partial charge in [-0.1, -0.05) is 19.1 Å². The molecule has 1 aliphatic carbocycles. The molecule has 0 spiro atoms. The van der Waals surface area contributed by atoms with Gasteiger partial charge in [0.25, 0.3) is 0 Å². The lowest BCUT2D eigenvalue weighted by atomic mass is 9.82. The van der Waals surface area contributed by atoms with Gasteiger partial charge in [-0.3, -0.25) is 4.79 Å². The van der Waals surface area contributed by atoms with Crippen LogP contribution in [0.5, 0.6) is 0 Å². The molecular weight excluding hydrogens is 248 g/mol. The summed E-state index contributed by atoms with van der Waals surface area (Å²) in [6.07, 6.45) is 13.4. The predicted molar refractivity (Wildman–Crippen MR) is 85.2 cm³/mol. The van der Waals surface area contributed by atoms with Crippen LogP contribution in [0.4, 0.5) is 0 Å². The summed E-state index contributed by atoms with van der Waals surface area (Å²) < 4.78 is 0. The topological polar surface area (TPSA) is 23.6 Å². The zero-order valence-electron chi connectivity index (χ0n) is 13.3. The van der Waals surface area contributed by atoms with Gasteiger partial charge in [-0.05, 0) is 43.3 Å². The van der Waals surface area contributed by atoms with E-state index in [1.54, 1.807) is 0 Å². The van der Waals surface area contributed by atoms with Crippen molar-refractivity contribution in [3.8, 4) is 0 Å². The van der Waals surface area contributed by atoms with Crippen LogP contribution in [0.2, 0.25) is 0 Å². The highest BCUT2D eigenvalue weighted by Gasteiger charge is 2.24. The van der Waals surface area contributed by atoms with Gasteiger partial charge in [0, 0.05) is 39.3 Å². The van der Waals surface area contributed by atoms with Gasteiger partial charge < -0.3 is 9.80 Å². The second kappa shape index (κ2) is 7.73.